The second-order valence-electron chi connectivity index (χ2n) is 6.88. The minimum atomic E-state index is -0.395. The lowest BCUT2D eigenvalue weighted by atomic mass is 10.1. The molecule has 0 spiro atoms. The molecule has 30 heavy (non-hydrogen) atoms. The maximum Gasteiger partial charge on any atom is 0.333 e. The van der Waals surface area contributed by atoms with Crippen molar-refractivity contribution >= 4 is 17.9 Å². The van der Waals surface area contributed by atoms with Gasteiger partial charge in [-0.05, 0) is 26.2 Å². The zero-order valence-corrected chi connectivity index (χ0v) is 19.3. The minimum absolute atomic E-state index is 0.0451. The number of esters is 3. The fourth-order valence-electron chi connectivity index (χ4n) is 1.59. The maximum atomic E-state index is 10.6. The first-order valence-electron chi connectivity index (χ1n) is 9.99. The van der Waals surface area contributed by atoms with Gasteiger partial charge < -0.3 is 19.3 Å². The van der Waals surface area contributed by atoms with Crippen molar-refractivity contribution < 1.29 is 33.7 Å². The number of hydrogen-bond donors (Lipinski definition) is 1. The third-order valence-electron chi connectivity index (χ3n) is 3.25. The summed E-state index contributed by atoms with van der Waals surface area (Å²) in [6.45, 7) is 18.5. The number of carbonyl (C=O) groups is 3. The van der Waals surface area contributed by atoms with Crippen LogP contribution in [0.2, 0.25) is 0 Å². The number of ether oxygens (including phenoxy) is 3. The highest BCUT2D eigenvalue weighted by molar-refractivity contribution is 5.87. The summed E-state index contributed by atoms with van der Waals surface area (Å²) in [6, 6.07) is 0. The standard InChI is InChI=1S/C11H20O2.C7H12O3.C5H8O2/c1-4-11(12)13-9-7-5-6-8-10(2)3;1-6(2)7(9)10-5-3-4-8;1-4(2)5(6)7-3/h4,10H,1,5-9H2,2-3H3;8H,1,3-5H2,2H3;1H2,2-3H3. The van der Waals surface area contributed by atoms with Crippen LogP contribution in [0.3, 0.4) is 0 Å². The molecule has 0 aliphatic rings. The molecule has 0 radical (unpaired) electrons. The van der Waals surface area contributed by atoms with Crippen LogP contribution in [0.25, 0.3) is 0 Å². The van der Waals surface area contributed by atoms with E-state index in [1.807, 2.05) is 0 Å². The van der Waals surface area contributed by atoms with Gasteiger partial charge in [0.1, 0.15) is 0 Å². The SMILES string of the molecule is C=C(C)C(=O)OC.C=C(C)C(=O)OCCCO.C=CC(=O)OCCCCCC(C)C. The van der Waals surface area contributed by atoms with Gasteiger partial charge in [0.15, 0.2) is 0 Å². The van der Waals surface area contributed by atoms with Crippen molar-refractivity contribution in [1.82, 2.24) is 0 Å². The summed E-state index contributed by atoms with van der Waals surface area (Å²) in [6.07, 6.45) is 6.28. The zero-order valence-electron chi connectivity index (χ0n) is 19.3. The zero-order chi connectivity index (χ0) is 23.9. The molecule has 0 bridgehead atoms. The monoisotopic (exact) mass is 428 g/mol. The molecule has 0 saturated heterocycles. The van der Waals surface area contributed by atoms with E-state index < -0.39 is 5.97 Å². The maximum absolute atomic E-state index is 10.6. The largest absolute Gasteiger partial charge is 0.466 e. The Kier molecular flexibility index (Phi) is 24.6. The van der Waals surface area contributed by atoms with Gasteiger partial charge >= 0.3 is 17.9 Å². The van der Waals surface area contributed by atoms with E-state index in [1.165, 1.54) is 26.0 Å². The number of methoxy groups -OCH3 is 1. The highest BCUT2D eigenvalue weighted by Gasteiger charge is 2.00. The molecule has 0 aromatic heterocycles. The lowest BCUT2D eigenvalue weighted by molar-refractivity contribution is -0.139. The van der Waals surface area contributed by atoms with E-state index in [2.05, 4.69) is 43.1 Å². The molecule has 0 rings (SSSR count). The van der Waals surface area contributed by atoms with Crippen LogP contribution in [-0.4, -0.2) is 49.9 Å². The van der Waals surface area contributed by atoms with Crippen LogP contribution in [0.4, 0.5) is 0 Å². The molecule has 0 fully saturated rings. The summed E-state index contributed by atoms with van der Waals surface area (Å²) in [5.74, 6) is -0.284. The molecule has 0 unspecified atom stereocenters. The lowest BCUT2D eigenvalue weighted by Gasteiger charge is -2.04. The van der Waals surface area contributed by atoms with Gasteiger partial charge in [-0.15, -0.1) is 0 Å². The molecule has 0 aromatic rings. The van der Waals surface area contributed by atoms with Gasteiger partial charge in [0.25, 0.3) is 0 Å². The fraction of sp³-hybridized carbons (Fsp3) is 0.609. The summed E-state index contributed by atoms with van der Waals surface area (Å²) in [5, 5.41) is 8.30. The van der Waals surface area contributed by atoms with Crippen LogP contribution >= 0.6 is 0 Å². The van der Waals surface area contributed by atoms with E-state index in [4.69, 9.17) is 9.84 Å². The Labute approximate surface area is 181 Å². The molecule has 0 atom stereocenters. The van der Waals surface area contributed by atoms with Gasteiger partial charge in [-0.2, -0.15) is 0 Å². The van der Waals surface area contributed by atoms with E-state index in [-0.39, 0.29) is 25.2 Å². The second kappa shape index (κ2) is 22.9. The van der Waals surface area contributed by atoms with Crippen LogP contribution in [0.5, 0.6) is 0 Å². The van der Waals surface area contributed by atoms with Crippen LogP contribution in [0.1, 0.15) is 59.8 Å². The molecule has 0 heterocycles. The Morgan fingerprint density at radius 2 is 1.43 bits per heavy atom. The van der Waals surface area contributed by atoms with E-state index in [1.54, 1.807) is 13.8 Å². The van der Waals surface area contributed by atoms with Crippen molar-refractivity contribution in [1.29, 1.82) is 0 Å². The Morgan fingerprint density at radius 3 is 1.80 bits per heavy atom. The van der Waals surface area contributed by atoms with Crippen LogP contribution in [0, 0.1) is 5.92 Å². The Balaban J connectivity index is -0.000000383. The highest BCUT2D eigenvalue weighted by Crippen LogP contribution is 2.07. The van der Waals surface area contributed by atoms with Crippen molar-refractivity contribution in [3.8, 4) is 0 Å². The molecule has 0 saturated carbocycles. The fourth-order valence-corrected chi connectivity index (χ4v) is 1.59. The first kappa shape index (κ1) is 32.3. The van der Waals surface area contributed by atoms with Crippen molar-refractivity contribution in [3.63, 3.8) is 0 Å². The minimum Gasteiger partial charge on any atom is -0.466 e. The molecule has 1 N–H and O–H groups in total. The van der Waals surface area contributed by atoms with E-state index in [0.29, 0.717) is 24.2 Å². The van der Waals surface area contributed by atoms with Crippen LogP contribution < -0.4 is 0 Å². The quantitative estimate of drug-likeness (QED) is 0.216. The first-order chi connectivity index (χ1) is 14.0. The number of rotatable bonds is 12. The number of carbonyl (C=O) groups excluding carboxylic acids is 3. The number of aliphatic hydroxyl groups excluding tert-OH is 1. The van der Waals surface area contributed by atoms with E-state index in [9.17, 15) is 14.4 Å². The summed E-state index contributed by atoms with van der Waals surface area (Å²) in [7, 11) is 1.33. The van der Waals surface area contributed by atoms with Gasteiger partial charge in [-0.3, -0.25) is 0 Å². The van der Waals surface area contributed by atoms with Crippen molar-refractivity contribution in [3.05, 3.63) is 37.0 Å². The number of unbranched alkanes of at least 4 members (excludes halogenated alkanes) is 2. The normalized spacial score (nSPS) is 9.17. The van der Waals surface area contributed by atoms with Crippen LogP contribution in [-0.2, 0) is 28.6 Å². The third-order valence-corrected chi connectivity index (χ3v) is 3.25. The van der Waals surface area contributed by atoms with E-state index >= 15 is 0 Å². The molecule has 174 valence electrons. The smallest absolute Gasteiger partial charge is 0.333 e. The van der Waals surface area contributed by atoms with Crippen molar-refractivity contribution in [2.45, 2.75) is 59.8 Å². The van der Waals surface area contributed by atoms with Gasteiger partial charge in [-0.1, -0.05) is 52.8 Å². The van der Waals surface area contributed by atoms with Gasteiger partial charge in [0, 0.05) is 30.2 Å². The lowest BCUT2D eigenvalue weighted by Crippen LogP contribution is -2.06. The van der Waals surface area contributed by atoms with Crippen LogP contribution in [0.15, 0.2) is 37.0 Å². The molecule has 0 aliphatic heterocycles. The Bertz CT molecular complexity index is 522. The summed E-state index contributed by atoms with van der Waals surface area (Å²) >= 11 is 0. The first-order valence-corrected chi connectivity index (χ1v) is 9.99. The summed E-state index contributed by atoms with van der Waals surface area (Å²) < 4.78 is 13.8. The third kappa shape index (κ3) is 27.8. The number of hydrogen-bond acceptors (Lipinski definition) is 7. The molecule has 7 heteroatoms. The molecule has 0 amide bonds. The topological polar surface area (TPSA) is 99.1 Å². The average molecular weight is 429 g/mol. The van der Waals surface area contributed by atoms with Crippen molar-refractivity contribution in [2.75, 3.05) is 26.9 Å². The predicted octanol–water partition coefficient (Wildman–Crippen LogP) is 4.16. The van der Waals surface area contributed by atoms with Gasteiger partial charge in [0.2, 0.25) is 0 Å². The van der Waals surface area contributed by atoms with E-state index in [0.717, 1.165) is 18.8 Å². The van der Waals surface area contributed by atoms with Gasteiger partial charge in [-0.25, -0.2) is 14.4 Å². The Hall–Kier alpha value is -2.41. The predicted molar refractivity (Wildman–Crippen MR) is 119 cm³/mol. The molecule has 0 aromatic carbocycles. The van der Waals surface area contributed by atoms with Gasteiger partial charge in [0.05, 0.1) is 20.3 Å². The molecular weight excluding hydrogens is 388 g/mol. The van der Waals surface area contributed by atoms with Crippen molar-refractivity contribution in [2.24, 2.45) is 5.92 Å². The summed E-state index contributed by atoms with van der Waals surface area (Å²) in [5.41, 5.74) is 0.820. The highest BCUT2D eigenvalue weighted by atomic mass is 16.5. The Morgan fingerprint density at radius 1 is 0.900 bits per heavy atom. The second-order valence-corrected chi connectivity index (χ2v) is 6.88. The average Bonchev–Trinajstić information content (AvgIpc) is 2.70. The number of aliphatic hydroxyl groups is 1. The molecule has 0 aliphatic carbocycles. The molecule has 7 nitrogen and oxygen atoms in total. The summed E-state index contributed by atoms with van der Waals surface area (Å²) in [4.78, 5) is 31.4. The molecular formula is C23H40O7.